The van der Waals surface area contributed by atoms with E-state index in [-0.39, 0.29) is 16.1 Å². The first kappa shape index (κ1) is 12.9. The summed E-state index contributed by atoms with van der Waals surface area (Å²) in [6, 6.07) is 3.14. The minimum absolute atomic E-state index is 0.0933. The van der Waals surface area contributed by atoms with Gasteiger partial charge in [-0.3, -0.25) is 0 Å². The Hall–Kier alpha value is -0.120. The largest absolute Gasteiger partial charge is 0.416 e. The summed E-state index contributed by atoms with van der Waals surface area (Å²) in [7, 11) is 0. The van der Waals surface area contributed by atoms with Gasteiger partial charge in [0.25, 0.3) is 0 Å². The molecule has 0 nitrogen and oxygen atoms in total. The van der Waals surface area contributed by atoms with Crippen LogP contribution in [-0.4, -0.2) is 0 Å². The molecule has 1 radical (unpaired) electrons. The Morgan fingerprint density at radius 1 is 1.33 bits per heavy atom. The predicted molar refractivity (Wildman–Crippen MR) is 54.5 cm³/mol. The van der Waals surface area contributed by atoms with E-state index in [4.69, 9.17) is 34.8 Å². The van der Waals surface area contributed by atoms with Gasteiger partial charge in [-0.2, -0.15) is 13.2 Å². The fourth-order valence-corrected chi connectivity index (χ4v) is 1.82. The van der Waals surface area contributed by atoms with Gasteiger partial charge in [-0.25, -0.2) is 0 Å². The molecule has 83 valence electrons. The van der Waals surface area contributed by atoms with E-state index in [2.05, 4.69) is 6.07 Å². The van der Waals surface area contributed by atoms with Crippen LogP contribution in [0.5, 0.6) is 0 Å². The Kier molecular flexibility index (Phi) is 3.80. The molecule has 0 fully saturated rings. The van der Waals surface area contributed by atoms with E-state index in [1.165, 1.54) is 6.92 Å². The third kappa shape index (κ3) is 2.71. The zero-order valence-corrected chi connectivity index (χ0v) is 9.69. The van der Waals surface area contributed by atoms with Gasteiger partial charge in [0.2, 0.25) is 0 Å². The molecule has 0 amide bonds. The van der Waals surface area contributed by atoms with Crippen molar-refractivity contribution < 1.29 is 13.2 Å². The van der Waals surface area contributed by atoms with Crippen LogP contribution in [0.2, 0.25) is 5.02 Å². The number of alkyl halides is 5. The molecule has 0 aromatic heterocycles. The fraction of sp³-hybridized carbons (Fsp3) is 0.333. The number of hydrogen-bond donors (Lipinski definition) is 0. The average molecular weight is 276 g/mol. The summed E-state index contributed by atoms with van der Waals surface area (Å²) in [5.41, 5.74) is -0.764. The number of benzene rings is 1. The van der Waals surface area contributed by atoms with Crippen LogP contribution in [0.3, 0.4) is 0 Å². The summed E-state index contributed by atoms with van der Waals surface area (Å²) in [6.45, 7) is 1.26. The van der Waals surface area contributed by atoms with Gasteiger partial charge in [-0.15, -0.1) is 0 Å². The summed E-state index contributed by atoms with van der Waals surface area (Å²) in [6.07, 6.45) is -4.45. The van der Waals surface area contributed by atoms with Crippen molar-refractivity contribution in [2.45, 2.75) is 17.9 Å². The maximum absolute atomic E-state index is 12.4. The zero-order chi connectivity index (χ0) is 11.8. The molecule has 0 unspecified atom stereocenters. The molecule has 6 heteroatoms. The van der Waals surface area contributed by atoms with Crippen LogP contribution in [0.1, 0.15) is 21.5 Å². The first-order valence-corrected chi connectivity index (χ1v) is 5.06. The number of rotatable bonds is 1. The smallest absolute Gasteiger partial charge is 0.166 e. The van der Waals surface area contributed by atoms with Gasteiger partial charge in [0, 0.05) is 5.56 Å². The van der Waals surface area contributed by atoms with Crippen LogP contribution in [0.15, 0.2) is 6.07 Å². The maximum Gasteiger partial charge on any atom is 0.416 e. The van der Waals surface area contributed by atoms with Gasteiger partial charge in [0.05, 0.1) is 10.6 Å². The lowest BCUT2D eigenvalue weighted by molar-refractivity contribution is -0.138. The Balaban J connectivity index is 3.34. The molecular weight excluding hydrogens is 271 g/mol. The standard InChI is InChI=1S/C9H5Cl3F3/c1-4-6(9(13,14)15)3-2-5(7(4)10)8(11)12/h3,8H,1H3. The zero-order valence-electron chi connectivity index (χ0n) is 7.42. The minimum atomic E-state index is -4.45. The number of hydrogen-bond acceptors (Lipinski definition) is 0. The van der Waals surface area contributed by atoms with Crippen LogP contribution < -0.4 is 0 Å². The van der Waals surface area contributed by atoms with Gasteiger partial charge in [0.15, 0.2) is 0 Å². The van der Waals surface area contributed by atoms with Crippen LogP contribution in [-0.2, 0) is 6.18 Å². The average Bonchev–Trinajstić information content (AvgIpc) is 2.06. The highest BCUT2D eigenvalue weighted by Crippen LogP contribution is 2.39. The van der Waals surface area contributed by atoms with Crippen LogP contribution in [0.25, 0.3) is 0 Å². The van der Waals surface area contributed by atoms with E-state index < -0.39 is 16.6 Å². The molecule has 0 saturated carbocycles. The third-order valence-electron chi connectivity index (χ3n) is 1.87. The van der Waals surface area contributed by atoms with E-state index in [9.17, 15) is 13.2 Å². The van der Waals surface area contributed by atoms with Gasteiger partial charge >= 0.3 is 6.18 Å². The monoisotopic (exact) mass is 275 g/mol. The lowest BCUT2D eigenvalue weighted by Crippen LogP contribution is -2.08. The predicted octanol–water partition coefficient (Wildman–Crippen LogP) is 4.94. The molecule has 0 heterocycles. The summed E-state index contributed by atoms with van der Waals surface area (Å²) in [4.78, 5) is -0.988. The van der Waals surface area contributed by atoms with E-state index in [1.54, 1.807) is 0 Å². The summed E-state index contributed by atoms with van der Waals surface area (Å²) < 4.78 is 37.3. The highest BCUT2D eigenvalue weighted by molar-refractivity contribution is 6.45. The first-order valence-electron chi connectivity index (χ1n) is 3.81. The van der Waals surface area contributed by atoms with E-state index in [1.807, 2.05) is 0 Å². The van der Waals surface area contributed by atoms with Crippen molar-refractivity contribution in [3.63, 3.8) is 0 Å². The summed E-state index contributed by atoms with van der Waals surface area (Å²) >= 11 is 16.7. The topological polar surface area (TPSA) is 0 Å². The molecule has 1 aromatic rings. The van der Waals surface area contributed by atoms with Crippen molar-refractivity contribution in [3.05, 3.63) is 33.8 Å². The molecule has 0 atom stereocenters. The SMILES string of the molecule is Cc1c(C(F)(F)F)c[c]c(C(Cl)Cl)c1Cl. The van der Waals surface area contributed by atoms with Crippen molar-refractivity contribution in [3.8, 4) is 0 Å². The quantitative estimate of drug-likeness (QED) is 0.637. The molecule has 0 bridgehead atoms. The number of halogens is 6. The minimum Gasteiger partial charge on any atom is -0.166 e. The summed E-state index contributed by atoms with van der Waals surface area (Å²) in [5, 5.41) is -0.0974. The van der Waals surface area contributed by atoms with Crippen molar-refractivity contribution in [1.82, 2.24) is 0 Å². The van der Waals surface area contributed by atoms with Gasteiger partial charge in [0.1, 0.15) is 4.84 Å². The molecule has 0 aliphatic carbocycles. The van der Waals surface area contributed by atoms with Crippen molar-refractivity contribution in [2.75, 3.05) is 0 Å². The van der Waals surface area contributed by atoms with Gasteiger partial charge in [-0.05, 0) is 24.6 Å². The second-order valence-corrected chi connectivity index (χ2v) is 4.33. The Morgan fingerprint density at radius 2 is 1.87 bits per heavy atom. The molecular formula is C9H5Cl3F3. The lowest BCUT2D eigenvalue weighted by atomic mass is 10.1. The fourth-order valence-electron chi connectivity index (χ4n) is 1.09. The van der Waals surface area contributed by atoms with Crippen molar-refractivity contribution in [2.24, 2.45) is 0 Å². The molecule has 0 N–H and O–H groups in total. The van der Waals surface area contributed by atoms with Crippen LogP contribution >= 0.6 is 34.8 Å². The molecule has 0 aliphatic rings. The highest BCUT2D eigenvalue weighted by Gasteiger charge is 2.33. The van der Waals surface area contributed by atoms with E-state index >= 15 is 0 Å². The Morgan fingerprint density at radius 3 is 2.27 bits per heavy atom. The molecule has 0 spiro atoms. The van der Waals surface area contributed by atoms with E-state index in [0.717, 1.165) is 6.07 Å². The van der Waals surface area contributed by atoms with Gasteiger partial charge < -0.3 is 0 Å². The first-order chi connectivity index (χ1) is 6.75. The maximum atomic E-state index is 12.4. The molecule has 0 aliphatic heterocycles. The van der Waals surface area contributed by atoms with Crippen LogP contribution in [0, 0.1) is 13.0 Å². The third-order valence-corrected chi connectivity index (χ3v) is 2.79. The second-order valence-electron chi connectivity index (χ2n) is 2.85. The Bertz CT molecular complexity index is 372. The lowest BCUT2D eigenvalue weighted by Gasteiger charge is -2.14. The van der Waals surface area contributed by atoms with Crippen molar-refractivity contribution >= 4 is 34.8 Å². The molecule has 15 heavy (non-hydrogen) atoms. The van der Waals surface area contributed by atoms with Gasteiger partial charge in [-0.1, -0.05) is 34.8 Å². The van der Waals surface area contributed by atoms with E-state index in [0.29, 0.717) is 0 Å². The second kappa shape index (κ2) is 4.40. The Labute approximate surface area is 99.9 Å². The normalized spacial score (nSPS) is 12.3. The molecule has 1 rings (SSSR count). The summed E-state index contributed by atoms with van der Waals surface area (Å²) in [5.74, 6) is 0. The van der Waals surface area contributed by atoms with Crippen LogP contribution in [0.4, 0.5) is 13.2 Å². The molecule has 0 saturated heterocycles. The molecule has 1 aromatic carbocycles. The highest BCUT2D eigenvalue weighted by atomic mass is 35.5. The van der Waals surface area contributed by atoms with Crippen molar-refractivity contribution in [1.29, 1.82) is 0 Å².